The number of amides is 1. The summed E-state index contributed by atoms with van der Waals surface area (Å²) >= 11 is 0. The predicted molar refractivity (Wildman–Crippen MR) is 162 cm³/mol. The van der Waals surface area contributed by atoms with Crippen molar-refractivity contribution in [1.29, 1.82) is 0 Å². The molecule has 42 heavy (non-hydrogen) atoms. The molecule has 4 bridgehead atoms. The molecule has 1 aromatic carbocycles. The van der Waals surface area contributed by atoms with Crippen LogP contribution in [0.15, 0.2) is 34.1 Å². The fourth-order valence-electron chi connectivity index (χ4n) is 8.59. The van der Waals surface area contributed by atoms with Gasteiger partial charge in [-0.1, -0.05) is 37.8 Å². The zero-order valence-corrected chi connectivity index (χ0v) is 25.3. The molecule has 1 amide bonds. The van der Waals surface area contributed by atoms with Crippen molar-refractivity contribution < 1.29 is 14.3 Å². The number of aliphatic imine (C=N–C) groups is 1. The maximum atomic E-state index is 14.2. The lowest BCUT2D eigenvalue weighted by atomic mass is 9.68. The summed E-state index contributed by atoms with van der Waals surface area (Å²) in [7, 11) is 0. The van der Waals surface area contributed by atoms with E-state index in [0.29, 0.717) is 23.6 Å². The molecular weight excluding hydrogens is 530 g/mol. The fraction of sp³-hybridized carbons (Fsp3) is 0.667. The molecule has 4 aliphatic rings. The standard InChI is InChI=1S/C33H45N5O4/c1-33(2,3)42-28(39)19-35-29(31(34)40)30-32(41)38(27-13-5-4-12-26(27)36-30)25-17-22-10-7-11-23(18-25)37(22)24-15-20-8-6-9-21(14-20)16-24/h4-5,12-13,20-25H,6-11,14-19H2,1-3H3,(H2,34,40)/t20?,21?,22-,23?,24?,25?/m1/s1. The van der Waals surface area contributed by atoms with Gasteiger partial charge in [0.05, 0.1) is 11.0 Å². The Morgan fingerprint density at radius 1 is 0.929 bits per heavy atom. The highest BCUT2D eigenvalue weighted by Crippen LogP contribution is 2.47. The zero-order chi connectivity index (χ0) is 29.6. The van der Waals surface area contributed by atoms with Crippen LogP contribution in [0, 0.1) is 11.8 Å². The molecule has 2 saturated heterocycles. The van der Waals surface area contributed by atoms with Crippen LogP contribution < -0.4 is 11.3 Å². The highest BCUT2D eigenvalue weighted by atomic mass is 16.6. The van der Waals surface area contributed by atoms with Crippen molar-refractivity contribution >= 4 is 28.6 Å². The molecule has 9 nitrogen and oxygen atoms in total. The summed E-state index contributed by atoms with van der Waals surface area (Å²) in [6, 6.07) is 9.11. The van der Waals surface area contributed by atoms with Crippen LogP contribution in [-0.4, -0.2) is 62.3 Å². The Labute approximate surface area is 247 Å². The average Bonchev–Trinajstić information content (AvgIpc) is 2.91. The molecule has 1 aromatic heterocycles. The number of hydrogen-bond donors (Lipinski definition) is 1. The molecule has 2 N–H and O–H groups in total. The molecule has 2 aliphatic carbocycles. The lowest BCUT2D eigenvalue weighted by Crippen LogP contribution is -2.58. The number of rotatable bonds is 6. The van der Waals surface area contributed by atoms with E-state index in [1.807, 2.05) is 28.8 Å². The van der Waals surface area contributed by atoms with Crippen LogP contribution in [-0.2, 0) is 14.3 Å². The second-order valence-electron chi connectivity index (χ2n) is 14.1. The zero-order valence-electron chi connectivity index (χ0n) is 25.3. The second-order valence-corrected chi connectivity index (χ2v) is 14.1. The number of hydrogen-bond acceptors (Lipinski definition) is 7. The second kappa shape index (κ2) is 11.5. The largest absolute Gasteiger partial charge is 0.459 e. The van der Waals surface area contributed by atoms with Crippen LogP contribution in [0.1, 0.15) is 103 Å². The van der Waals surface area contributed by atoms with Gasteiger partial charge in [-0.15, -0.1) is 0 Å². The highest BCUT2D eigenvalue weighted by molar-refractivity contribution is 6.44. The van der Waals surface area contributed by atoms with Crippen LogP contribution in [0.25, 0.3) is 11.0 Å². The van der Waals surface area contributed by atoms with Gasteiger partial charge in [0.25, 0.3) is 11.5 Å². The Kier molecular flexibility index (Phi) is 7.98. The van der Waals surface area contributed by atoms with Gasteiger partial charge in [-0.25, -0.2) is 4.98 Å². The Morgan fingerprint density at radius 3 is 2.21 bits per heavy atom. The average molecular weight is 576 g/mol. The summed E-state index contributed by atoms with van der Waals surface area (Å²) in [5.41, 5.74) is 5.63. The molecule has 0 spiro atoms. The number of benzene rings is 1. The van der Waals surface area contributed by atoms with Gasteiger partial charge < -0.3 is 15.0 Å². The molecule has 9 heteroatoms. The Morgan fingerprint density at radius 2 is 1.57 bits per heavy atom. The van der Waals surface area contributed by atoms with Gasteiger partial charge in [0.2, 0.25) is 0 Å². The van der Waals surface area contributed by atoms with Crippen LogP contribution in [0.4, 0.5) is 0 Å². The normalized spacial score (nSPS) is 30.2. The number of carbonyl (C=O) groups is 2. The Hall–Kier alpha value is -3.07. The van der Waals surface area contributed by atoms with E-state index < -0.39 is 24.0 Å². The van der Waals surface area contributed by atoms with Crippen molar-refractivity contribution in [3.63, 3.8) is 0 Å². The lowest BCUT2D eigenvalue weighted by molar-refractivity contribution is -0.152. The monoisotopic (exact) mass is 575 g/mol. The number of primary amides is 1. The number of ether oxygens (including phenoxy) is 1. The highest BCUT2D eigenvalue weighted by Gasteiger charge is 2.45. The van der Waals surface area contributed by atoms with Crippen molar-refractivity contribution in [3.8, 4) is 0 Å². The summed E-state index contributed by atoms with van der Waals surface area (Å²) < 4.78 is 7.19. The minimum atomic E-state index is -0.889. The number of carbonyl (C=O) groups excluding carboxylic acids is 2. The molecule has 2 aromatic rings. The molecule has 4 fully saturated rings. The van der Waals surface area contributed by atoms with Crippen molar-refractivity contribution in [2.24, 2.45) is 22.6 Å². The van der Waals surface area contributed by atoms with Gasteiger partial charge >= 0.3 is 5.97 Å². The third kappa shape index (κ3) is 5.90. The fourth-order valence-corrected chi connectivity index (χ4v) is 8.59. The maximum absolute atomic E-state index is 14.2. The van der Waals surface area contributed by atoms with Crippen molar-refractivity contribution in [2.45, 2.75) is 121 Å². The van der Waals surface area contributed by atoms with E-state index >= 15 is 0 Å². The number of para-hydroxylation sites is 2. The summed E-state index contributed by atoms with van der Waals surface area (Å²) in [5, 5.41) is 0. The van der Waals surface area contributed by atoms with Crippen LogP contribution in [0.5, 0.6) is 0 Å². The summed E-state index contributed by atoms with van der Waals surface area (Å²) in [6.07, 6.45) is 13.6. The summed E-state index contributed by atoms with van der Waals surface area (Å²) in [5.74, 6) is 0.263. The molecule has 226 valence electrons. The van der Waals surface area contributed by atoms with E-state index in [1.165, 1.54) is 44.9 Å². The molecule has 3 heterocycles. The number of nitrogens with two attached hydrogens (primary N) is 1. The third-order valence-corrected chi connectivity index (χ3v) is 9.93. The van der Waals surface area contributed by atoms with E-state index in [0.717, 1.165) is 43.0 Å². The first-order chi connectivity index (χ1) is 20.1. The van der Waals surface area contributed by atoms with E-state index in [2.05, 4.69) is 14.9 Å². The smallest absolute Gasteiger partial charge is 0.328 e. The van der Waals surface area contributed by atoms with Crippen molar-refractivity contribution in [2.75, 3.05) is 6.54 Å². The van der Waals surface area contributed by atoms with Gasteiger partial charge in [-0.3, -0.25) is 24.3 Å². The molecule has 5 atom stereocenters. The topological polar surface area (TPSA) is 120 Å². The summed E-state index contributed by atoms with van der Waals surface area (Å²) in [4.78, 5) is 50.8. The first-order valence-corrected chi connectivity index (χ1v) is 15.9. The molecule has 6 rings (SSSR count). The van der Waals surface area contributed by atoms with E-state index in [4.69, 9.17) is 10.5 Å². The minimum absolute atomic E-state index is 0.0150. The van der Waals surface area contributed by atoms with Crippen LogP contribution in [0.2, 0.25) is 0 Å². The molecule has 2 saturated carbocycles. The number of piperidine rings is 2. The van der Waals surface area contributed by atoms with Crippen LogP contribution in [0.3, 0.4) is 0 Å². The number of aromatic nitrogens is 2. The quantitative estimate of drug-likeness (QED) is 0.399. The van der Waals surface area contributed by atoms with Crippen molar-refractivity contribution in [3.05, 3.63) is 40.3 Å². The lowest BCUT2D eigenvalue weighted by Gasteiger charge is -2.55. The number of esters is 1. The van der Waals surface area contributed by atoms with Gasteiger partial charge in [0.15, 0.2) is 11.4 Å². The predicted octanol–water partition coefficient (Wildman–Crippen LogP) is 4.54. The van der Waals surface area contributed by atoms with E-state index in [9.17, 15) is 14.4 Å². The van der Waals surface area contributed by atoms with Crippen LogP contribution >= 0.6 is 0 Å². The first kappa shape index (κ1) is 29.0. The first-order valence-electron chi connectivity index (χ1n) is 15.9. The van der Waals surface area contributed by atoms with Gasteiger partial charge in [-0.2, -0.15) is 0 Å². The maximum Gasteiger partial charge on any atom is 0.328 e. The van der Waals surface area contributed by atoms with E-state index in [1.54, 1.807) is 20.8 Å². The minimum Gasteiger partial charge on any atom is -0.459 e. The number of nitrogens with zero attached hydrogens (tertiary/aromatic N) is 4. The molecular formula is C33H45N5O4. The SMILES string of the molecule is CC(C)(C)OC(=O)CN=C(C(N)=O)c1nc2ccccc2n(C2CC3CCC[C@H](C2)N3C2CC3CCCC(C3)C2)c1=O. The van der Waals surface area contributed by atoms with E-state index in [-0.39, 0.29) is 23.0 Å². The molecule has 4 unspecified atom stereocenters. The van der Waals surface area contributed by atoms with Gasteiger partial charge in [-0.05, 0) is 89.7 Å². The Balaban J connectivity index is 1.34. The molecule has 2 aliphatic heterocycles. The van der Waals surface area contributed by atoms with Crippen molar-refractivity contribution in [1.82, 2.24) is 14.5 Å². The third-order valence-electron chi connectivity index (χ3n) is 9.93. The molecule has 0 radical (unpaired) electrons. The summed E-state index contributed by atoms with van der Waals surface area (Å²) in [6.45, 7) is 4.85. The van der Waals surface area contributed by atoms with Gasteiger partial charge in [0.1, 0.15) is 12.1 Å². The number of fused-ring (bicyclic) bond motifs is 5. The Bertz CT molecular complexity index is 1420. The van der Waals surface area contributed by atoms with Gasteiger partial charge in [0, 0.05) is 24.2 Å².